The minimum absolute atomic E-state index is 0.149. The fourth-order valence-corrected chi connectivity index (χ4v) is 12.6. The molecule has 60 heavy (non-hydrogen) atoms. The van der Waals surface area contributed by atoms with Crippen LogP contribution in [0.25, 0.3) is 98.6 Å². The van der Waals surface area contributed by atoms with E-state index in [0.717, 1.165) is 33.1 Å². The van der Waals surface area contributed by atoms with E-state index in [1.165, 1.54) is 121 Å². The first-order chi connectivity index (χ1) is 29.3. The summed E-state index contributed by atoms with van der Waals surface area (Å²) < 4.78 is 19.9. The molecule has 0 saturated carbocycles. The third kappa shape index (κ3) is 3.74. The van der Waals surface area contributed by atoms with Crippen molar-refractivity contribution < 1.29 is 8.83 Å². The summed E-state index contributed by atoms with van der Waals surface area (Å²) in [6.45, 7) is 13.4. The Morgan fingerprint density at radius 1 is 0.383 bits per heavy atom. The van der Waals surface area contributed by atoms with Gasteiger partial charge >= 0.3 is 13.7 Å². The fourth-order valence-electron chi connectivity index (χ4n) is 12.6. The lowest BCUT2D eigenvalue weighted by Crippen LogP contribution is -2.58. The summed E-state index contributed by atoms with van der Waals surface area (Å²) in [6.07, 6.45) is 0. The molecule has 2 aliphatic rings. The number of aromatic nitrogens is 2. The number of benzene rings is 8. The summed E-state index contributed by atoms with van der Waals surface area (Å²) in [7, 11) is 0. The van der Waals surface area contributed by atoms with Gasteiger partial charge in [-0.3, -0.25) is 0 Å². The number of furan rings is 2. The van der Waals surface area contributed by atoms with Crippen LogP contribution < -0.4 is 21.9 Å². The van der Waals surface area contributed by atoms with Crippen molar-refractivity contribution in [1.29, 1.82) is 0 Å². The van der Waals surface area contributed by atoms with E-state index in [-0.39, 0.29) is 13.7 Å². The number of rotatable bonds is 2. The Morgan fingerprint density at radius 3 is 1.13 bits per heavy atom. The van der Waals surface area contributed by atoms with E-state index in [1.54, 1.807) is 0 Å². The van der Waals surface area contributed by atoms with Crippen LogP contribution in [0.2, 0.25) is 0 Å². The van der Waals surface area contributed by atoms with Crippen LogP contribution in [0.1, 0.15) is 33.4 Å². The maximum atomic E-state index is 7.25. The molecular weight excluding hydrogens is 730 g/mol. The van der Waals surface area contributed by atoms with E-state index >= 15 is 0 Å². The predicted octanol–water partition coefficient (Wildman–Crippen LogP) is 11.2. The zero-order valence-electron chi connectivity index (χ0n) is 34.4. The average molecular weight is 769 g/mol. The van der Waals surface area contributed by atoms with Crippen LogP contribution in [0.4, 0.5) is 0 Å². The van der Waals surface area contributed by atoms with Gasteiger partial charge < -0.3 is 17.8 Å². The molecule has 4 aromatic heterocycles. The molecule has 0 radical (unpaired) electrons. The van der Waals surface area contributed by atoms with Crippen molar-refractivity contribution in [3.63, 3.8) is 0 Å². The summed E-state index contributed by atoms with van der Waals surface area (Å²) in [4.78, 5) is 0. The highest BCUT2D eigenvalue weighted by Crippen LogP contribution is 2.52. The molecule has 282 valence electrons. The Hall–Kier alpha value is -6.91. The number of para-hydroxylation sites is 4. The van der Waals surface area contributed by atoms with Crippen molar-refractivity contribution >= 4 is 123 Å². The van der Waals surface area contributed by atoms with E-state index in [1.807, 2.05) is 0 Å². The Labute approximate surface area is 346 Å². The molecule has 14 rings (SSSR count). The highest BCUT2D eigenvalue weighted by atomic mass is 16.3. The SMILES string of the molecule is Cc1cc(C)c(B2c3c4c5c(c6ccccc6n5B(c5c(C)cc(C)cc5C)c5c-4c4c(c6ccccc6n42)c2oc4ccccc4c52)c2oc4ccccc4c32)c(C)c1. The van der Waals surface area contributed by atoms with Crippen molar-refractivity contribution in [2.45, 2.75) is 41.5 Å². The average Bonchev–Trinajstić information content (AvgIpc) is 3.99. The lowest BCUT2D eigenvalue weighted by Gasteiger charge is -2.37. The second-order valence-corrected chi connectivity index (χ2v) is 17.8. The van der Waals surface area contributed by atoms with Gasteiger partial charge in [-0.05, 0) is 87.7 Å². The minimum Gasteiger partial charge on any atom is -0.455 e. The molecule has 6 heterocycles. The zero-order valence-corrected chi connectivity index (χ0v) is 34.4. The molecule has 2 aliphatic heterocycles. The lowest BCUT2D eigenvalue weighted by atomic mass is 9.40. The quantitative estimate of drug-likeness (QED) is 0.164. The van der Waals surface area contributed by atoms with Crippen molar-refractivity contribution in [2.24, 2.45) is 0 Å². The minimum atomic E-state index is -0.149. The van der Waals surface area contributed by atoms with E-state index in [4.69, 9.17) is 8.83 Å². The Bertz CT molecular complexity index is 3680. The molecule has 0 saturated heterocycles. The second kappa shape index (κ2) is 11.0. The normalized spacial score (nSPS) is 13.4. The summed E-state index contributed by atoms with van der Waals surface area (Å²) in [6, 6.07) is 45.0. The van der Waals surface area contributed by atoms with Crippen LogP contribution in [-0.4, -0.2) is 22.7 Å². The zero-order chi connectivity index (χ0) is 40.0. The smallest absolute Gasteiger partial charge is 0.330 e. The van der Waals surface area contributed by atoms with Gasteiger partial charge in [0.25, 0.3) is 0 Å². The summed E-state index contributed by atoms with van der Waals surface area (Å²) in [5.41, 5.74) is 24.4. The van der Waals surface area contributed by atoms with Crippen LogP contribution in [-0.2, 0) is 0 Å². The number of fused-ring (bicyclic) bond motifs is 16. The van der Waals surface area contributed by atoms with Gasteiger partial charge in [-0.2, -0.15) is 0 Å². The van der Waals surface area contributed by atoms with Gasteiger partial charge in [0.2, 0.25) is 0 Å². The lowest BCUT2D eigenvalue weighted by molar-refractivity contribution is 0.672. The second-order valence-electron chi connectivity index (χ2n) is 17.8. The molecule has 6 heteroatoms. The maximum Gasteiger partial charge on any atom is 0.330 e. The molecule has 0 N–H and O–H groups in total. The number of hydrogen-bond acceptors (Lipinski definition) is 2. The first-order valence-electron chi connectivity index (χ1n) is 21.3. The molecule has 0 fully saturated rings. The standard InChI is InChI=1S/C54H38B2N2O2/c1-27-23-29(3)47(30(4)24-27)55-49-41-35-17-9-13-21-39(35)59-53(41)44-34-16-8-12-20-38(34)58-52(44)45(49)46-50(56(58)48-31(5)25-28(2)26-32(48)6)42-36-18-10-14-22-40(36)60-54(42)43-33-15-7-11-19-37(33)57(55)51(43)46/h7-26H,1-6H3. The van der Waals surface area contributed by atoms with Crippen molar-refractivity contribution in [3.05, 3.63) is 155 Å². The first kappa shape index (κ1) is 33.0. The molecule has 0 unspecified atom stereocenters. The highest BCUT2D eigenvalue weighted by molar-refractivity contribution is 6.94. The molecule has 0 amide bonds. The van der Waals surface area contributed by atoms with Gasteiger partial charge in [-0.25, -0.2) is 0 Å². The molecule has 8 aromatic carbocycles. The summed E-state index contributed by atoms with van der Waals surface area (Å²) in [5, 5.41) is 9.56. The van der Waals surface area contributed by atoms with Gasteiger partial charge in [-0.15, -0.1) is 0 Å². The number of hydrogen-bond donors (Lipinski definition) is 0. The van der Waals surface area contributed by atoms with Crippen LogP contribution in [0, 0.1) is 41.5 Å². The number of aryl methyl sites for hydroxylation is 6. The van der Waals surface area contributed by atoms with E-state index < -0.39 is 0 Å². The third-order valence-corrected chi connectivity index (χ3v) is 14.4. The van der Waals surface area contributed by atoms with Gasteiger partial charge in [0, 0.05) is 65.5 Å². The van der Waals surface area contributed by atoms with Crippen LogP contribution in [0.3, 0.4) is 0 Å². The van der Waals surface area contributed by atoms with Crippen molar-refractivity contribution in [1.82, 2.24) is 8.96 Å². The maximum absolute atomic E-state index is 7.25. The Morgan fingerprint density at radius 2 is 0.733 bits per heavy atom. The molecule has 12 aromatic rings. The van der Waals surface area contributed by atoms with Gasteiger partial charge in [0.1, 0.15) is 22.3 Å². The molecule has 0 spiro atoms. The van der Waals surface area contributed by atoms with E-state index in [0.29, 0.717) is 0 Å². The molecule has 0 aliphatic carbocycles. The molecule has 0 atom stereocenters. The Balaban J connectivity index is 1.38. The van der Waals surface area contributed by atoms with Crippen molar-refractivity contribution in [3.8, 4) is 11.1 Å². The highest BCUT2D eigenvalue weighted by Gasteiger charge is 2.48. The van der Waals surface area contributed by atoms with Gasteiger partial charge in [0.05, 0.1) is 10.8 Å². The van der Waals surface area contributed by atoms with Gasteiger partial charge in [-0.1, -0.05) is 130 Å². The van der Waals surface area contributed by atoms with Crippen LogP contribution >= 0.6 is 0 Å². The molecular formula is C54H38B2N2O2. The largest absolute Gasteiger partial charge is 0.455 e. The van der Waals surface area contributed by atoms with Gasteiger partial charge in [0.15, 0.2) is 0 Å². The fraction of sp³-hybridized carbons (Fsp3) is 0.111. The monoisotopic (exact) mass is 768 g/mol. The van der Waals surface area contributed by atoms with E-state index in [9.17, 15) is 0 Å². The topological polar surface area (TPSA) is 36.1 Å². The summed E-state index contributed by atoms with van der Waals surface area (Å²) in [5.74, 6) is 0. The van der Waals surface area contributed by atoms with Crippen LogP contribution in [0.5, 0.6) is 0 Å². The summed E-state index contributed by atoms with van der Waals surface area (Å²) >= 11 is 0. The van der Waals surface area contributed by atoms with Crippen LogP contribution in [0.15, 0.2) is 130 Å². The predicted molar refractivity (Wildman–Crippen MR) is 255 cm³/mol. The molecule has 0 bridgehead atoms. The third-order valence-electron chi connectivity index (χ3n) is 14.4. The van der Waals surface area contributed by atoms with E-state index in [2.05, 4.69) is 172 Å². The number of nitrogens with zero attached hydrogens (tertiary/aromatic N) is 2. The first-order valence-corrected chi connectivity index (χ1v) is 21.3. The molecule has 4 nitrogen and oxygen atoms in total. The Kier molecular flexibility index (Phi) is 6.06. The van der Waals surface area contributed by atoms with Crippen molar-refractivity contribution in [2.75, 3.05) is 0 Å².